The maximum Gasteiger partial charge on any atom is 0.256 e. The van der Waals surface area contributed by atoms with Crippen LogP contribution in [0.3, 0.4) is 0 Å². The van der Waals surface area contributed by atoms with Gasteiger partial charge in [0.2, 0.25) is 0 Å². The quantitative estimate of drug-likeness (QED) is 0.717. The van der Waals surface area contributed by atoms with E-state index < -0.39 is 0 Å². The van der Waals surface area contributed by atoms with Crippen LogP contribution in [0.25, 0.3) is 0 Å². The summed E-state index contributed by atoms with van der Waals surface area (Å²) in [5, 5.41) is 2.75. The number of hydrogen-bond donors (Lipinski definition) is 1. The molecule has 19 heavy (non-hydrogen) atoms. The minimum atomic E-state index is -0.363. The Kier molecular flexibility index (Phi) is 4.78. The van der Waals surface area contributed by atoms with Crippen molar-refractivity contribution in [2.75, 3.05) is 5.32 Å². The van der Waals surface area contributed by atoms with Crippen molar-refractivity contribution in [3.8, 4) is 0 Å². The van der Waals surface area contributed by atoms with E-state index in [0.717, 1.165) is 4.47 Å². The fourth-order valence-corrected chi connectivity index (χ4v) is 2.94. The Balaban J connectivity index is 2.31. The minimum Gasteiger partial charge on any atom is -0.317 e. The molecule has 1 heterocycles. The second-order valence-electron chi connectivity index (χ2n) is 3.41. The molecule has 0 saturated heterocycles. The van der Waals surface area contributed by atoms with Crippen LogP contribution in [0.2, 0.25) is 10.3 Å². The molecular formula is C11H5Br2Cl2N3O. The van der Waals surface area contributed by atoms with Gasteiger partial charge in [0.05, 0.1) is 5.56 Å². The molecule has 1 amide bonds. The average Bonchev–Trinajstić information content (AvgIpc) is 2.33. The molecule has 0 bridgehead atoms. The second-order valence-corrected chi connectivity index (χ2v) is 5.89. The van der Waals surface area contributed by atoms with Crippen molar-refractivity contribution in [3.05, 3.63) is 49.3 Å². The highest BCUT2D eigenvalue weighted by molar-refractivity contribution is 9.11. The number of amides is 1. The van der Waals surface area contributed by atoms with Crippen molar-refractivity contribution >= 4 is 66.7 Å². The van der Waals surface area contributed by atoms with Crippen molar-refractivity contribution in [2.45, 2.75) is 0 Å². The molecule has 1 aromatic heterocycles. The molecule has 0 aliphatic carbocycles. The number of benzene rings is 1. The van der Waals surface area contributed by atoms with Crippen molar-refractivity contribution in [3.63, 3.8) is 0 Å². The number of halogens is 4. The lowest BCUT2D eigenvalue weighted by Crippen LogP contribution is -2.14. The Hall–Kier alpha value is -0.690. The van der Waals surface area contributed by atoms with Gasteiger partial charge in [-0.05, 0) is 34.1 Å². The number of aromatic nitrogens is 2. The molecule has 0 aliphatic rings. The summed E-state index contributed by atoms with van der Waals surface area (Å²) < 4.78 is 1.50. The monoisotopic (exact) mass is 423 g/mol. The summed E-state index contributed by atoms with van der Waals surface area (Å²) in [6.07, 6.45) is 1.22. The number of carbonyl (C=O) groups is 1. The molecule has 2 rings (SSSR count). The number of hydrogen-bond acceptors (Lipinski definition) is 3. The van der Waals surface area contributed by atoms with Crippen molar-refractivity contribution in [1.82, 2.24) is 9.97 Å². The second kappa shape index (κ2) is 6.17. The smallest absolute Gasteiger partial charge is 0.256 e. The third-order valence-electron chi connectivity index (χ3n) is 2.17. The third kappa shape index (κ3) is 3.45. The maximum absolute atomic E-state index is 12.1. The summed E-state index contributed by atoms with van der Waals surface area (Å²) >= 11 is 18.3. The van der Waals surface area contributed by atoms with E-state index in [0.29, 0.717) is 10.0 Å². The van der Waals surface area contributed by atoms with E-state index in [1.165, 1.54) is 6.33 Å². The molecule has 0 fully saturated rings. The Morgan fingerprint density at radius 2 is 1.79 bits per heavy atom. The van der Waals surface area contributed by atoms with Gasteiger partial charge in [0, 0.05) is 8.95 Å². The average molecular weight is 426 g/mol. The summed E-state index contributed by atoms with van der Waals surface area (Å²) in [5.41, 5.74) is 0.629. The molecule has 0 atom stereocenters. The number of nitrogens with one attached hydrogen (secondary N) is 1. The zero-order valence-electron chi connectivity index (χ0n) is 9.12. The van der Waals surface area contributed by atoms with Gasteiger partial charge in [0.15, 0.2) is 10.3 Å². The van der Waals surface area contributed by atoms with Gasteiger partial charge in [-0.15, -0.1) is 0 Å². The fourth-order valence-electron chi connectivity index (χ4n) is 1.30. The van der Waals surface area contributed by atoms with Gasteiger partial charge in [0.1, 0.15) is 12.0 Å². The standard InChI is InChI=1S/C11H5Br2Cl2N3O/c12-5-1-2-6(7(13)3-5)11(19)18-8-9(14)16-4-17-10(8)15/h1-4H,(H,18,19). The molecule has 98 valence electrons. The first-order chi connectivity index (χ1) is 8.99. The zero-order chi connectivity index (χ0) is 14.0. The molecule has 1 aromatic carbocycles. The Morgan fingerprint density at radius 1 is 1.16 bits per heavy atom. The minimum absolute atomic E-state index is 0.0848. The SMILES string of the molecule is O=C(Nc1c(Cl)ncnc1Cl)c1ccc(Br)cc1Br. The first kappa shape index (κ1) is 14.7. The van der Waals surface area contributed by atoms with Crippen LogP contribution in [0.15, 0.2) is 33.5 Å². The van der Waals surface area contributed by atoms with Crippen LogP contribution in [0, 0.1) is 0 Å². The van der Waals surface area contributed by atoms with E-state index in [1.54, 1.807) is 18.2 Å². The molecule has 0 saturated carbocycles. The van der Waals surface area contributed by atoms with E-state index in [9.17, 15) is 4.79 Å². The van der Waals surface area contributed by atoms with E-state index in [2.05, 4.69) is 47.1 Å². The van der Waals surface area contributed by atoms with Crippen LogP contribution in [-0.2, 0) is 0 Å². The van der Waals surface area contributed by atoms with Crippen LogP contribution in [-0.4, -0.2) is 15.9 Å². The summed E-state index contributed by atoms with van der Waals surface area (Å²) in [6, 6.07) is 5.18. The number of nitrogens with zero attached hydrogens (tertiary/aromatic N) is 2. The zero-order valence-corrected chi connectivity index (χ0v) is 13.8. The van der Waals surface area contributed by atoms with E-state index >= 15 is 0 Å². The van der Waals surface area contributed by atoms with Crippen molar-refractivity contribution in [2.24, 2.45) is 0 Å². The van der Waals surface area contributed by atoms with Crippen molar-refractivity contribution in [1.29, 1.82) is 0 Å². The number of rotatable bonds is 2. The van der Waals surface area contributed by atoms with Crippen LogP contribution in [0.4, 0.5) is 5.69 Å². The summed E-state index contributed by atoms with van der Waals surface area (Å²) in [6.45, 7) is 0. The fraction of sp³-hybridized carbons (Fsp3) is 0. The van der Waals surface area contributed by atoms with Crippen LogP contribution in [0.1, 0.15) is 10.4 Å². The highest BCUT2D eigenvalue weighted by Gasteiger charge is 2.15. The van der Waals surface area contributed by atoms with Gasteiger partial charge in [-0.2, -0.15) is 0 Å². The van der Waals surface area contributed by atoms with E-state index in [1.807, 2.05) is 0 Å². The highest BCUT2D eigenvalue weighted by Crippen LogP contribution is 2.28. The molecule has 2 aromatic rings. The molecule has 0 spiro atoms. The summed E-state index contributed by atoms with van der Waals surface area (Å²) in [7, 11) is 0. The van der Waals surface area contributed by atoms with Crippen LogP contribution >= 0.6 is 55.1 Å². The van der Waals surface area contributed by atoms with Gasteiger partial charge in [-0.3, -0.25) is 4.79 Å². The summed E-state index contributed by atoms with van der Waals surface area (Å²) in [4.78, 5) is 19.6. The molecule has 4 nitrogen and oxygen atoms in total. The first-order valence-electron chi connectivity index (χ1n) is 4.91. The summed E-state index contributed by atoms with van der Waals surface area (Å²) in [5.74, 6) is -0.363. The van der Waals surface area contributed by atoms with E-state index in [4.69, 9.17) is 23.2 Å². The number of carbonyl (C=O) groups excluding carboxylic acids is 1. The third-order valence-corrected chi connectivity index (χ3v) is 3.89. The van der Waals surface area contributed by atoms with Gasteiger partial charge >= 0.3 is 0 Å². The van der Waals surface area contributed by atoms with Crippen molar-refractivity contribution < 1.29 is 4.79 Å². The molecule has 0 unspecified atom stereocenters. The molecule has 0 radical (unpaired) electrons. The maximum atomic E-state index is 12.1. The van der Waals surface area contributed by atoms with Gasteiger partial charge < -0.3 is 5.32 Å². The molecule has 8 heteroatoms. The van der Waals surface area contributed by atoms with E-state index in [-0.39, 0.29) is 21.9 Å². The predicted octanol–water partition coefficient (Wildman–Crippen LogP) is 4.56. The largest absolute Gasteiger partial charge is 0.317 e. The molecule has 1 N–H and O–H groups in total. The lowest BCUT2D eigenvalue weighted by molar-refractivity contribution is 0.102. The lowest BCUT2D eigenvalue weighted by atomic mass is 10.2. The predicted molar refractivity (Wildman–Crippen MR) is 81.8 cm³/mol. The Bertz CT molecular complexity index is 632. The topological polar surface area (TPSA) is 54.9 Å². The Labute approximate surface area is 135 Å². The van der Waals surface area contributed by atoms with Crippen LogP contribution < -0.4 is 5.32 Å². The van der Waals surface area contributed by atoms with Crippen LogP contribution in [0.5, 0.6) is 0 Å². The lowest BCUT2D eigenvalue weighted by Gasteiger charge is -2.09. The Morgan fingerprint density at radius 3 is 2.37 bits per heavy atom. The normalized spacial score (nSPS) is 10.3. The van der Waals surface area contributed by atoms with Gasteiger partial charge in [0.25, 0.3) is 5.91 Å². The van der Waals surface area contributed by atoms with Gasteiger partial charge in [-0.1, -0.05) is 39.1 Å². The van der Waals surface area contributed by atoms with Gasteiger partial charge in [-0.25, -0.2) is 9.97 Å². The highest BCUT2D eigenvalue weighted by atomic mass is 79.9. The molecule has 0 aliphatic heterocycles. The number of anilines is 1. The molecular weight excluding hydrogens is 421 g/mol. The first-order valence-corrected chi connectivity index (χ1v) is 7.25.